The van der Waals surface area contributed by atoms with E-state index in [1.165, 1.54) is 19.1 Å². The molecule has 2 rings (SSSR count). The van der Waals surface area contributed by atoms with Crippen molar-refractivity contribution in [3.8, 4) is 12.0 Å². The summed E-state index contributed by atoms with van der Waals surface area (Å²) in [6, 6.07) is 8.35. The molecule has 0 radical (unpaired) electrons. The van der Waals surface area contributed by atoms with Crippen molar-refractivity contribution in [2.24, 2.45) is 0 Å². The Morgan fingerprint density at radius 2 is 1.93 bits per heavy atom. The summed E-state index contributed by atoms with van der Waals surface area (Å²) >= 11 is 0. The van der Waals surface area contributed by atoms with Gasteiger partial charge in [-0.3, -0.25) is 4.79 Å². The van der Waals surface area contributed by atoms with Crippen LogP contribution in [0.3, 0.4) is 0 Å². The van der Waals surface area contributed by atoms with Crippen molar-refractivity contribution in [3.63, 3.8) is 0 Å². The minimum atomic E-state index is -3.75. The third-order valence-electron chi connectivity index (χ3n) is 2.03. The largest absolute Gasteiger partial charge is 0.281 e. The van der Waals surface area contributed by atoms with Gasteiger partial charge >= 0.3 is 0 Å². The molecular formula is C10H7NO3S. The number of benzene rings is 1. The van der Waals surface area contributed by atoms with Gasteiger partial charge in [0.05, 0.1) is 5.56 Å². The minimum absolute atomic E-state index is 0.0257. The number of rotatable bonds is 0. The molecule has 15 heavy (non-hydrogen) atoms. The zero-order chi connectivity index (χ0) is 11.1. The highest BCUT2D eigenvalue weighted by molar-refractivity contribution is 7.90. The Balaban J connectivity index is 2.74. The predicted molar refractivity (Wildman–Crippen MR) is 53.2 cm³/mol. The van der Waals surface area contributed by atoms with E-state index in [1.807, 2.05) is 0 Å². The maximum Gasteiger partial charge on any atom is 0.281 e. The molecular weight excluding hydrogens is 214 g/mol. The SMILES string of the molecule is CC#CN1C(=O)c2ccccc2S1(=O)=O. The predicted octanol–water partition coefficient (Wildman–Crippen LogP) is 0.812. The highest BCUT2D eigenvalue weighted by atomic mass is 32.2. The Hall–Kier alpha value is -1.80. The topological polar surface area (TPSA) is 54.5 Å². The van der Waals surface area contributed by atoms with Crippen LogP contribution in [0.5, 0.6) is 0 Å². The summed E-state index contributed by atoms with van der Waals surface area (Å²) in [4.78, 5) is 11.7. The lowest BCUT2D eigenvalue weighted by Crippen LogP contribution is -2.24. The maximum absolute atomic E-state index is 11.8. The third-order valence-corrected chi connectivity index (χ3v) is 3.68. The molecule has 0 N–H and O–H groups in total. The molecule has 1 aromatic carbocycles. The summed E-state index contributed by atoms with van der Waals surface area (Å²) in [5.41, 5.74) is 0.181. The molecule has 0 unspecified atom stereocenters. The molecule has 0 spiro atoms. The molecule has 1 aliphatic heterocycles. The minimum Gasteiger partial charge on any atom is -0.267 e. The fourth-order valence-corrected chi connectivity index (χ4v) is 2.81. The van der Waals surface area contributed by atoms with Crippen molar-refractivity contribution in [3.05, 3.63) is 29.8 Å². The van der Waals surface area contributed by atoms with Gasteiger partial charge in [-0.25, -0.2) is 0 Å². The summed E-state index contributed by atoms with van der Waals surface area (Å²) in [5, 5.41) is 0. The fourth-order valence-electron chi connectivity index (χ4n) is 1.40. The van der Waals surface area contributed by atoms with Gasteiger partial charge in [0.15, 0.2) is 0 Å². The number of sulfonamides is 1. The van der Waals surface area contributed by atoms with Crippen molar-refractivity contribution in [1.29, 1.82) is 0 Å². The number of hydrogen-bond acceptors (Lipinski definition) is 3. The van der Waals surface area contributed by atoms with Gasteiger partial charge < -0.3 is 0 Å². The lowest BCUT2D eigenvalue weighted by molar-refractivity contribution is 0.0913. The molecule has 1 heterocycles. The van der Waals surface area contributed by atoms with E-state index in [-0.39, 0.29) is 10.5 Å². The average Bonchev–Trinajstić information content (AvgIpc) is 2.41. The monoisotopic (exact) mass is 221 g/mol. The Morgan fingerprint density at radius 3 is 2.53 bits per heavy atom. The lowest BCUT2D eigenvalue weighted by Gasteiger charge is -2.04. The van der Waals surface area contributed by atoms with Crippen LogP contribution < -0.4 is 0 Å². The van der Waals surface area contributed by atoms with E-state index in [0.29, 0.717) is 4.31 Å². The van der Waals surface area contributed by atoms with Crippen LogP contribution >= 0.6 is 0 Å². The number of carbonyl (C=O) groups excluding carboxylic acids is 1. The first-order valence-electron chi connectivity index (χ1n) is 4.20. The average molecular weight is 221 g/mol. The highest BCUT2D eigenvalue weighted by Crippen LogP contribution is 2.28. The van der Waals surface area contributed by atoms with Gasteiger partial charge in [0.2, 0.25) is 0 Å². The Kier molecular flexibility index (Phi) is 2.02. The molecule has 1 amide bonds. The molecule has 1 aromatic rings. The van der Waals surface area contributed by atoms with Crippen LogP contribution in [0.1, 0.15) is 17.3 Å². The fraction of sp³-hybridized carbons (Fsp3) is 0.100. The van der Waals surface area contributed by atoms with Gasteiger partial charge in [0, 0.05) is 6.04 Å². The molecule has 0 saturated heterocycles. The zero-order valence-corrected chi connectivity index (χ0v) is 8.71. The second-order valence-corrected chi connectivity index (χ2v) is 4.69. The van der Waals surface area contributed by atoms with Crippen molar-refractivity contribution >= 4 is 15.9 Å². The Labute approximate surface area is 87.6 Å². The molecule has 0 atom stereocenters. The smallest absolute Gasteiger partial charge is 0.267 e. The molecule has 0 fully saturated rings. The molecule has 0 bridgehead atoms. The number of amides is 1. The summed E-state index contributed by atoms with van der Waals surface area (Å²) < 4.78 is 24.2. The first-order chi connectivity index (χ1) is 7.09. The lowest BCUT2D eigenvalue weighted by atomic mass is 10.2. The van der Waals surface area contributed by atoms with Gasteiger partial charge in [-0.2, -0.15) is 12.7 Å². The van der Waals surface area contributed by atoms with Crippen LogP contribution in [0.15, 0.2) is 29.2 Å². The molecule has 76 valence electrons. The van der Waals surface area contributed by atoms with Gasteiger partial charge in [0.25, 0.3) is 15.9 Å². The summed E-state index contributed by atoms with van der Waals surface area (Å²) in [6.45, 7) is 1.48. The van der Waals surface area contributed by atoms with Crippen LogP contribution in [-0.2, 0) is 10.0 Å². The van der Waals surface area contributed by atoms with Crippen molar-refractivity contribution < 1.29 is 13.2 Å². The van der Waals surface area contributed by atoms with Crippen molar-refractivity contribution in [2.75, 3.05) is 0 Å². The summed E-state index contributed by atoms with van der Waals surface area (Å²) in [7, 11) is -3.75. The van der Waals surface area contributed by atoms with Crippen LogP contribution in [0.25, 0.3) is 0 Å². The zero-order valence-electron chi connectivity index (χ0n) is 7.89. The summed E-state index contributed by atoms with van der Waals surface area (Å²) in [6.07, 6.45) is 0. The quantitative estimate of drug-likeness (QED) is 0.609. The number of fused-ring (bicyclic) bond motifs is 1. The van der Waals surface area contributed by atoms with E-state index >= 15 is 0 Å². The number of hydrogen-bond donors (Lipinski definition) is 0. The molecule has 1 aliphatic rings. The third kappa shape index (κ3) is 1.22. The molecule has 0 aromatic heterocycles. The second-order valence-electron chi connectivity index (χ2n) is 2.93. The molecule has 5 heteroatoms. The number of carbonyl (C=O) groups is 1. The standard InChI is InChI=1S/C10H7NO3S/c1-2-7-11-10(12)8-5-3-4-6-9(8)15(11,13)14/h3-6H,1H3. The number of nitrogens with zero attached hydrogens (tertiary/aromatic N) is 1. The van der Waals surface area contributed by atoms with Crippen molar-refractivity contribution in [1.82, 2.24) is 4.31 Å². The molecule has 4 nitrogen and oxygen atoms in total. The van der Waals surface area contributed by atoms with Crippen LogP contribution in [0.4, 0.5) is 0 Å². The second kappa shape index (κ2) is 3.11. The Bertz CT molecular complexity index is 593. The van der Waals surface area contributed by atoms with Crippen LogP contribution in [0, 0.1) is 12.0 Å². The van der Waals surface area contributed by atoms with Crippen LogP contribution in [0.2, 0.25) is 0 Å². The Morgan fingerprint density at radius 1 is 1.27 bits per heavy atom. The molecule has 0 aliphatic carbocycles. The van der Waals surface area contributed by atoms with E-state index in [9.17, 15) is 13.2 Å². The normalized spacial score (nSPS) is 16.9. The maximum atomic E-state index is 11.8. The van der Waals surface area contributed by atoms with E-state index in [4.69, 9.17) is 0 Å². The van der Waals surface area contributed by atoms with Crippen molar-refractivity contribution in [2.45, 2.75) is 11.8 Å². The van der Waals surface area contributed by atoms with Gasteiger partial charge in [-0.15, -0.1) is 0 Å². The van der Waals surface area contributed by atoms with Gasteiger partial charge in [-0.05, 0) is 19.1 Å². The first-order valence-corrected chi connectivity index (χ1v) is 5.64. The highest BCUT2D eigenvalue weighted by Gasteiger charge is 2.40. The first kappa shape index (κ1) is 9.74. The summed E-state index contributed by atoms with van der Waals surface area (Å²) in [5.74, 6) is 1.82. The van der Waals surface area contributed by atoms with Gasteiger partial charge in [-0.1, -0.05) is 18.1 Å². The van der Waals surface area contributed by atoms with E-state index in [0.717, 1.165) is 0 Å². The van der Waals surface area contributed by atoms with Crippen LogP contribution in [-0.4, -0.2) is 18.6 Å². The van der Waals surface area contributed by atoms with E-state index in [2.05, 4.69) is 12.0 Å². The van der Waals surface area contributed by atoms with Gasteiger partial charge in [0.1, 0.15) is 4.90 Å². The van der Waals surface area contributed by atoms with E-state index in [1.54, 1.807) is 12.1 Å². The molecule has 0 saturated carbocycles. The van der Waals surface area contributed by atoms with E-state index < -0.39 is 15.9 Å².